The topological polar surface area (TPSA) is 92.3 Å². The zero-order valence-electron chi connectivity index (χ0n) is 15.1. The van der Waals surface area contributed by atoms with Crippen molar-refractivity contribution in [2.24, 2.45) is 0 Å². The second kappa shape index (κ2) is 8.36. The molecule has 1 heterocycles. The number of amides is 1. The predicted molar refractivity (Wildman–Crippen MR) is 110 cm³/mol. The molecule has 146 valence electrons. The van der Waals surface area contributed by atoms with Gasteiger partial charge in [-0.05, 0) is 31.2 Å². The Hall–Kier alpha value is -2.33. The monoisotopic (exact) mass is 436 g/mol. The molecule has 28 heavy (non-hydrogen) atoms. The fraction of sp³-hybridized carbons (Fsp3) is 0.167. The van der Waals surface area contributed by atoms with E-state index in [1.54, 1.807) is 36.4 Å². The molecule has 10 heteroatoms. The number of carbonyl (C=O) groups is 1. The number of likely N-dealkylation sites (N-methyl/N-ethyl adjacent to an activating group) is 1. The third-order valence-electron chi connectivity index (χ3n) is 3.86. The van der Waals surface area contributed by atoms with Crippen LogP contribution < -0.4 is 5.32 Å². The average molecular weight is 437 g/mol. The van der Waals surface area contributed by atoms with E-state index in [-0.39, 0.29) is 16.6 Å². The van der Waals surface area contributed by atoms with E-state index in [0.717, 1.165) is 15.4 Å². The van der Waals surface area contributed by atoms with Gasteiger partial charge in [-0.2, -0.15) is 4.31 Å². The van der Waals surface area contributed by atoms with Crippen LogP contribution in [0, 0.1) is 6.92 Å². The van der Waals surface area contributed by atoms with E-state index in [1.165, 1.54) is 30.5 Å². The van der Waals surface area contributed by atoms with Gasteiger partial charge in [-0.15, -0.1) is 10.2 Å². The Morgan fingerprint density at radius 2 is 1.75 bits per heavy atom. The number of nitrogens with one attached hydrogen (secondary N) is 1. The van der Waals surface area contributed by atoms with E-state index < -0.39 is 15.9 Å². The van der Waals surface area contributed by atoms with Crippen LogP contribution in [0.4, 0.5) is 5.13 Å². The van der Waals surface area contributed by atoms with Gasteiger partial charge < -0.3 is 0 Å². The summed E-state index contributed by atoms with van der Waals surface area (Å²) < 4.78 is 26.1. The van der Waals surface area contributed by atoms with Gasteiger partial charge in [0.25, 0.3) is 0 Å². The van der Waals surface area contributed by atoms with E-state index in [0.29, 0.717) is 10.0 Å². The molecule has 7 nitrogen and oxygen atoms in total. The number of sulfonamides is 1. The van der Waals surface area contributed by atoms with Gasteiger partial charge in [0, 0.05) is 17.6 Å². The second-order valence-corrected chi connectivity index (χ2v) is 9.50. The van der Waals surface area contributed by atoms with Gasteiger partial charge in [-0.3, -0.25) is 10.1 Å². The minimum Gasteiger partial charge on any atom is -0.299 e. The van der Waals surface area contributed by atoms with Gasteiger partial charge in [0.15, 0.2) is 0 Å². The molecule has 2 aromatic carbocycles. The first kappa shape index (κ1) is 20.4. The van der Waals surface area contributed by atoms with Crippen LogP contribution in [0.3, 0.4) is 0 Å². The zero-order chi connectivity index (χ0) is 20.3. The van der Waals surface area contributed by atoms with E-state index in [4.69, 9.17) is 11.6 Å². The van der Waals surface area contributed by atoms with Crippen LogP contribution >= 0.6 is 22.9 Å². The van der Waals surface area contributed by atoms with Crippen molar-refractivity contribution in [3.8, 4) is 10.6 Å². The van der Waals surface area contributed by atoms with Crippen molar-refractivity contribution in [3.05, 3.63) is 59.1 Å². The quantitative estimate of drug-likeness (QED) is 0.639. The summed E-state index contributed by atoms with van der Waals surface area (Å²) in [4.78, 5) is 12.4. The van der Waals surface area contributed by atoms with Crippen molar-refractivity contribution in [2.45, 2.75) is 11.8 Å². The van der Waals surface area contributed by atoms with Gasteiger partial charge in [-0.1, -0.05) is 52.8 Å². The third-order valence-corrected chi connectivity index (χ3v) is 6.82. The molecule has 0 atom stereocenters. The Kier molecular flexibility index (Phi) is 6.09. The van der Waals surface area contributed by atoms with Crippen LogP contribution in [0.25, 0.3) is 10.6 Å². The molecule has 0 unspecified atom stereocenters. The van der Waals surface area contributed by atoms with Crippen molar-refractivity contribution in [1.29, 1.82) is 0 Å². The summed E-state index contributed by atoms with van der Waals surface area (Å²) in [5, 5.41) is 12.1. The van der Waals surface area contributed by atoms with Crippen molar-refractivity contribution in [1.82, 2.24) is 14.5 Å². The maximum atomic E-state index is 12.6. The third kappa shape index (κ3) is 4.74. The first-order chi connectivity index (χ1) is 13.3. The molecule has 0 aliphatic carbocycles. The molecule has 0 spiro atoms. The summed E-state index contributed by atoms with van der Waals surface area (Å²) in [5.41, 5.74) is 1.77. The largest absolute Gasteiger partial charge is 0.299 e. The molecule has 1 aromatic heterocycles. The molecule has 0 saturated heterocycles. The van der Waals surface area contributed by atoms with E-state index >= 15 is 0 Å². The summed E-state index contributed by atoms with van der Waals surface area (Å²) in [6.45, 7) is 1.53. The molecule has 1 N–H and O–H groups in total. The number of aromatic nitrogens is 2. The van der Waals surface area contributed by atoms with Gasteiger partial charge in [0.05, 0.1) is 11.4 Å². The fourth-order valence-electron chi connectivity index (χ4n) is 2.32. The highest BCUT2D eigenvalue weighted by atomic mass is 35.5. The van der Waals surface area contributed by atoms with Crippen LogP contribution in [0.5, 0.6) is 0 Å². The summed E-state index contributed by atoms with van der Waals surface area (Å²) in [6, 6.07) is 13.5. The Morgan fingerprint density at radius 3 is 2.39 bits per heavy atom. The van der Waals surface area contributed by atoms with Gasteiger partial charge in [-0.25, -0.2) is 8.42 Å². The Labute approximate surface area is 172 Å². The summed E-state index contributed by atoms with van der Waals surface area (Å²) in [6.07, 6.45) is 0. The second-order valence-electron chi connectivity index (χ2n) is 6.04. The summed E-state index contributed by atoms with van der Waals surface area (Å²) in [5.74, 6) is -0.503. The first-order valence-corrected chi connectivity index (χ1v) is 10.8. The number of carbonyl (C=O) groups excluding carboxylic acids is 1. The van der Waals surface area contributed by atoms with Gasteiger partial charge >= 0.3 is 0 Å². The van der Waals surface area contributed by atoms with Crippen molar-refractivity contribution < 1.29 is 13.2 Å². The summed E-state index contributed by atoms with van der Waals surface area (Å²) >= 11 is 7.05. The van der Waals surface area contributed by atoms with Gasteiger partial charge in [0.1, 0.15) is 5.01 Å². The zero-order valence-corrected chi connectivity index (χ0v) is 17.5. The number of hydrogen-bond donors (Lipinski definition) is 1. The van der Waals surface area contributed by atoms with Crippen LogP contribution in [0.2, 0.25) is 5.02 Å². The van der Waals surface area contributed by atoms with E-state index in [9.17, 15) is 13.2 Å². The fourth-order valence-corrected chi connectivity index (χ4v) is 4.34. The minimum absolute atomic E-state index is 0.134. The number of nitrogens with zero attached hydrogens (tertiary/aromatic N) is 3. The van der Waals surface area contributed by atoms with Crippen LogP contribution in [0.15, 0.2) is 53.4 Å². The average Bonchev–Trinajstić information content (AvgIpc) is 3.10. The molecular formula is C18H17ClN4O3S2. The molecule has 3 aromatic rings. The highest BCUT2D eigenvalue weighted by Crippen LogP contribution is 2.27. The number of hydrogen-bond acceptors (Lipinski definition) is 6. The lowest BCUT2D eigenvalue weighted by molar-refractivity contribution is -0.116. The number of halogens is 1. The normalized spacial score (nSPS) is 11.6. The van der Waals surface area contributed by atoms with Gasteiger partial charge in [0.2, 0.25) is 21.1 Å². The molecule has 1 amide bonds. The van der Waals surface area contributed by atoms with Crippen molar-refractivity contribution in [3.63, 3.8) is 0 Å². The maximum Gasteiger partial charge on any atom is 0.243 e. The molecule has 0 fully saturated rings. The molecule has 0 aliphatic heterocycles. The SMILES string of the molecule is Cc1ccc(S(=O)(=O)N(C)CC(=O)Nc2nnc(-c3ccc(Cl)cc3)s2)cc1. The molecule has 0 saturated carbocycles. The lowest BCUT2D eigenvalue weighted by atomic mass is 10.2. The van der Waals surface area contributed by atoms with E-state index in [2.05, 4.69) is 15.5 Å². The first-order valence-electron chi connectivity index (χ1n) is 8.18. The van der Waals surface area contributed by atoms with Crippen LogP contribution in [-0.4, -0.2) is 42.4 Å². The summed E-state index contributed by atoms with van der Waals surface area (Å²) in [7, 11) is -2.40. The lowest BCUT2D eigenvalue weighted by Crippen LogP contribution is -2.34. The van der Waals surface area contributed by atoms with Crippen molar-refractivity contribution in [2.75, 3.05) is 18.9 Å². The minimum atomic E-state index is -3.76. The standard InChI is InChI=1S/C18H17ClN4O3S2/c1-12-3-9-15(10-4-12)28(25,26)23(2)11-16(24)20-18-22-21-17(27-18)13-5-7-14(19)8-6-13/h3-10H,11H2,1-2H3,(H,20,22,24). The van der Waals surface area contributed by atoms with E-state index in [1.807, 2.05) is 6.92 Å². The molecule has 3 rings (SSSR count). The Balaban J connectivity index is 1.65. The highest BCUT2D eigenvalue weighted by Gasteiger charge is 2.23. The Morgan fingerprint density at radius 1 is 1.11 bits per heavy atom. The predicted octanol–water partition coefficient (Wildman–Crippen LogP) is 3.43. The number of benzene rings is 2. The van der Waals surface area contributed by atoms with Crippen LogP contribution in [-0.2, 0) is 14.8 Å². The molecule has 0 radical (unpaired) electrons. The Bertz CT molecular complexity index is 1080. The van der Waals surface area contributed by atoms with Crippen LogP contribution in [0.1, 0.15) is 5.56 Å². The maximum absolute atomic E-state index is 12.6. The molecule has 0 bridgehead atoms. The molecule has 0 aliphatic rings. The highest BCUT2D eigenvalue weighted by molar-refractivity contribution is 7.89. The van der Waals surface area contributed by atoms with Crippen molar-refractivity contribution >= 4 is 44.0 Å². The molecular weight excluding hydrogens is 420 g/mol. The number of rotatable bonds is 6. The number of aryl methyl sites for hydroxylation is 1. The lowest BCUT2D eigenvalue weighted by Gasteiger charge is -2.16. The number of anilines is 1. The smallest absolute Gasteiger partial charge is 0.243 e.